The third kappa shape index (κ3) is 1.82. The normalized spacial score (nSPS) is 12.5. The molecule has 0 radical (unpaired) electrons. The number of hydrogen-bond donors (Lipinski definition) is 0. The summed E-state index contributed by atoms with van der Waals surface area (Å²) >= 11 is 0. The van der Waals surface area contributed by atoms with Gasteiger partial charge in [-0.2, -0.15) is 5.10 Å². The predicted molar refractivity (Wildman–Crippen MR) is 59.2 cm³/mol. The van der Waals surface area contributed by atoms with Gasteiger partial charge in [-0.3, -0.25) is 4.68 Å². The van der Waals surface area contributed by atoms with Crippen molar-refractivity contribution in [3.63, 3.8) is 0 Å². The second-order valence-electron chi connectivity index (χ2n) is 3.72. The molecule has 0 saturated heterocycles. The van der Waals surface area contributed by atoms with Gasteiger partial charge in [-0.05, 0) is 31.7 Å². The zero-order valence-electron chi connectivity index (χ0n) is 9.46. The monoisotopic (exact) mass is 190 g/mol. The van der Waals surface area contributed by atoms with Gasteiger partial charge in [-0.25, -0.2) is 0 Å². The molecule has 0 saturated carbocycles. The molecule has 14 heavy (non-hydrogen) atoms. The minimum atomic E-state index is 0.466. The van der Waals surface area contributed by atoms with Crippen LogP contribution in [0.5, 0.6) is 0 Å². The van der Waals surface area contributed by atoms with E-state index in [-0.39, 0.29) is 0 Å². The quantitative estimate of drug-likeness (QED) is 0.670. The Balaban J connectivity index is 3.10. The fourth-order valence-electron chi connectivity index (χ4n) is 1.97. The van der Waals surface area contributed by atoms with Crippen LogP contribution in [0, 0.1) is 26.2 Å². The summed E-state index contributed by atoms with van der Waals surface area (Å²) in [5, 5.41) is 4.41. The summed E-state index contributed by atoms with van der Waals surface area (Å²) in [6.45, 7) is 6.34. The van der Waals surface area contributed by atoms with Crippen molar-refractivity contribution >= 4 is 0 Å². The molecule has 0 bridgehead atoms. The minimum Gasteiger partial charge on any atom is -0.272 e. The van der Waals surface area contributed by atoms with E-state index in [0.29, 0.717) is 5.92 Å². The van der Waals surface area contributed by atoms with E-state index in [1.54, 1.807) is 0 Å². The first-order chi connectivity index (χ1) is 6.61. The number of terminal acetylenes is 1. The standard InChI is InChI=1S/C12H18N2/c1-6-8-11(7-2)12-9(3)13-14(5)10(12)4/h1,11H,7-8H2,2-5H3. The summed E-state index contributed by atoms with van der Waals surface area (Å²) in [5.41, 5.74) is 3.70. The molecule has 0 spiro atoms. The van der Waals surface area contributed by atoms with Crippen LogP contribution in [0.1, 0.15) is 42.6 Å². The Morgan fingerprint density at radius 2 is 2.14 bits per heavy atom. The minimum absolute atomic E-state index is 0.466. The highest BCUT2D eigenvalue weighted by Gasteiger charge is 2.17. The lowest BCUT2D eigenvalue weighted by Gasteiger charge is -2.12. The van der Waals surface area contributed by atoms with E-state index in [1.807, 2.05) is 11.7 Å². The van der Waals surface area contributed by atoms with Gasteiger partial charge in [0.25, 0.3) is 0 Å². The molecule has 0 N–H and O–H groups in total. The lowest BCUT2D eigenvalue weighted by molar-refractivity contribution is 0.671. The molecule has 0 aliphatic heterocycles. The summed E-state index contributed by atoms with van der Waals surface area (Å²) in [6, 6.07) is 0. The highest BCUT2D eigenvalue weighted by molar-refractivity contribution is 5.29. The van der Waals surface area contributed by atoms with Gasteiger partial charge in [0.05, 0.1) is 5.69 Å². The Bertz CT molecular complexity index is 355. The molecule has 2 nitrogen and oxygen atoms in total. The van der Waals surface area contributed by atoms with Crippen LogP contribution in [0.4, 0.5) is 0 Å². The van der Waals surface area contributed by atoms with E-state index in [0.717, 1.165) is 18.5 Å². The average Bonchev–Trinajstić information content (AvgIpc) is 2.39. The van der Waals surface area contributed by atoms with Crippen LogP contribution in [0.15, 0.2) is 0 Å². The van der Waals surface area contributed by atoms with Gasteiger partial charge in [0.2, 0.25) is 0 Å². The number of aromatic nitrogens is 2. The van der Waals surface area contributed by atoms with Gasteiger partial charge >= 0.3 is 0 Å². The van der Waals surface area contributed by atoms with Crippen molar-refractivity contribution in [2.24, 2.45) is 7.05 Å². The SMILES string of the molecule is C#CCC(CC)c1c(C)nn(C)c1C. The molecule has 0 amide bonds. The molecule has 0 fully saturated rings. The predicted octanol–water partition coefficient (Wildman–Crippen LogP) is 2.55. The van der Waals surface area contributed by atoms with E-state index >= 15 is 0 Å². The van der Waals surface area contributed by atoms with Crippen LogP contribution < -0.4 is 0 Å². The largest absolute Gasteiger partial charge is 0.272 e. The van der Waals surface area contributed by atoms with Crippen molar-refractivity contribution in [3.8, 4) is 12.3 Å². The Kier molecular flexibility index (Phi) is 3.35. The number of rotatable bonds is 3. The van der Waals surface area contributed by atoms with Gasteiger partial charge in [0.1, 0.15) is 0 Å². The van der Waals surface area contributed by atoms with Crippen LogP contribution in [-0.2, 0) is 7.05 Å². The van der Waals surface area contributed by atoms with E-state index in [9.17, 15) is 0 Å². The van der Waals surface area contributed by atoms with E-state index in [4.69, 9.17) is 6.42 Å². The van der Waals surface area contributed by atoms with Crippen molar-refractivity contribution in [2.45, 2.75) is 39.5 Å². The third-order valence-electron chi connectivity index (χ3n) is 2.83. The lowest BCUT2D eigenvalue weighted by Crippen LogP contribution is -2.00. The fourth-order valence-corrected chi connectivity index (χ4v) is 1.97. The summed E-state index contributed by atoms with van der Waals surface area (Å²) in [5.74, 6) is 3.21. The topological polar surface area (TPSA) is 17.8 Å². The zero-order valence-corrected chi connectivity index (χ0v) is 9.46. The lowest BCUT2D eigenvalue weighted by atomic mass is 9.92. The van der Waals surface area contributed by atoms with Crippen LogP contribution in [-0.4, -0.2) is 9.78 Å². The van der Waals surface area contributed by atoms with E-state index in [1.165, 1.54) is 11.3 Å². The molecule has 1 aromatic heterocycles. The molecule has 0 aliphatic rings. The molecular weight excluding hydrogens is 172 g/mol. The summed E-state index contributed by atoms with van der Waals surface area (Å²) in [4.78, 5) is 0. The molecule has 0 aliphatic carbocycles. The maximum atomic E-state index is 5.37. The summed E-state index contributed by atoms with van der Waals surface area (Å²) in [7, 11) is 1.98. The molecule has 1 aromatic rings. The van der Waals surface area contributed by atoms with Crippen LogP contribution in [0.2, 0.25) is 0 Å². The Morgan fingerprint density at radius 3 is 2.50 bits per heavy atom. The molecule has 76 valence electrons. The summed E-state index contributed by atoms with van der Waals surface area (Å²) < 4.78 is 1.93. The van der Waals surface area contributed by atoms with E-state index in [2.05, 4.69) is 31.8 Å². The maximum absolute atomic E-state index is 5.37. The fraction of sp³-hybridized carbons (Fsp3) is 0.583. The molecule has 0 aromatic carbocycles. The first-order valence-corrected chi connectivity index (χ1v) is 5.05. The van der Waals surface area contributed by atoms with Gasteiger partial charge in [0.15, 0.2) is 0 Å². The smallest absolute Gasteiger partial charge is 0.0631 e. The first kappa shape index (κ1) is 10.8. The molecule has 1 unspecified atom stereocenters. The first-order valence-electron chi connectivity index (χ1n) is 5.05. The number of nitrogens with zero attached hydrogens (tertiary/aromatic N) is 2. The maximum Gasteiger partial charge on any atom is 0.0631 e. The third-order valence-corrected chi connectivity index (χ3v) is 2.83. The Hall–Kier alpha value is -1.23. The van der Waals surface area contributed by atoms with Crippen LogP contribution in [0.25, 0.3) is 0 Å². The van der Waals surface area contributed by atoms with Crippen LogP contribution >= 0.6 is 0 Å². The van der Waals surface area contributed by atoms with Gasteiger partial charge in [-0.15, -0.1) is 12.3 Å². The van der Waals surface area contributed by atoms with E-state index < -0.39 is 0 Å². The average molecular weight is 190 g/mol. The van der Waals surface area contributed by atoms with Gasteiger partial charge in [0, 0.05) is 19.2 Å². The molecular formula is C12H18N2. The van der Waals surface area contributed by atoms with Crippen molar-refractivity contribution in [1.29, 1.82) is 0 Å². The Morgan fingerprint density at radius 1 is 1.50 bits per heavy atom. The van der Waals surface area contributed by atoms with Crippen molar-refractivity contribution in [3.05, 3.63) is 17.0 Å². The number of hydrogen-bond acceptors (Lipinski definition) is 1. The summed E-state index contributed by atoms with van der Waals surface area (Å²) in [6.07, 6.45) is 7.26. The highest BCUT2D eigenvalue weighted by Crippen LogP contribution is 2.28. The van der Waals surface area contributed by atoms with Crippen molar-refractivity contribution in [1.82, 2.24) is 9.78 Å². The second-order valence-corrected chi connectivity index (χ2v) is 3.72. The second kappa shape index (κ2) is 4.32. The molecule has 1 atom stereocenters. The van der Waals surface area contributed by atoms with Gasteiger partial charge in [-0.1, -0.05) is 6.92 Å². The van der Waals surface area contributed by atoms with Crippen LogP contribution in [0.3, 0.4) is 0 Å². The molecule has 1 rings (SSSR count). The zero-order chi connectivity index (χ0) is 10.7. The van der Waals surface area contributed by atoms with Crippen molar-refractivity contribution in [2.75, 3.05) is 0 Å². The van der Waals surface area contributed by atoms with Crippen molar-refractivity contribution < 1.29 is 0 Å². The Labute approximate surface area is 86.3 Å². The highest BCUT2D eigenvalue weighted by atomic mass is 15.3. The number of aryl methyl sites for hydroxylation is 2. The molecule has 1 heterocycles. The van der Waals surface area contributed by atoms with Gasteiger partial charge < -0.3 is 0 Å². The molecule has 2 heteroatoms.